The van der Waals surface area contributed by atoms with Gasteiger partial charge >= 0.3 is 0 Å². The quantitative estimate of drug-likeness (QED) is 0.717. The zero-order chi connectivity index (χ0) is 19.8. The molecule has 0 aliphatic carbocycles. The molecule has 3 rings (SSSR count). The van der Waals surface area contributed by atoms with Gasteiger partial charge in [-0.2, -0.15) is 0 Å². The lowest BCUT2D eigenvalue weighted by Gasteiger charge is -2.20. The lowest BCUT2D eigenvalue weighted by Crippen LogP contribution is -2.37. The maximum Gasteiger partial charge on any atom is 0.261 e. The van der Waals surface area contributed by atoms with Crippen LogP contribution in [0.5, 0.6) is 11.5 Å². The van der Waals surface area contributed by atoms with E-state index >= 15 is 0 Å². The van der Waals surface area contributed by atoms with Crippen LogP contribution in [0.25, 0.3) is 0 Å². The van der Waals surface area contributed by atoms with Gasteiger partial charge in [0.1, 0.15) is 11.5 Å². The lowest BCUT2D eigenvalue weighted by molar-refractivity contribution is -0.128. The maximum absolute atomic E-state index is 12.7. The summed E-state index contributed by atoms with van der Waals surface area (Å²) in [5.74, 6) is 1.34. The van der Waals surface area contributed by atoms with Gasteiger partial charge in [0.2, 0.25) is 0 Å². The molecule has 5 nitrogen and oxygen atoms in total. The standard InChI is InChI=1S/C23H30N2O3/c1-3-22(28-21-12-10-20(27-2)11-13-21)23(26)24-16-18-8-4-5-9-19(18)17-25-14-6-7-15-25/h4-5,8-13,22H,3,6-7,14-17H2,1-2H3,(H,24,26)/t22-/m0/s1. The van der Waals surface area contributed by atoms with Gasteiger partial charge in [-0.1, -0.05) is 31.2 Å². The molecule has 1 N–H and O–H groups in total. The Labute approximate surface area is 167 Å². The Morgan fingerprint density at radius 3 is 2.32 bits per heavy atom. The zero-order valence-corrected chi connectivity index (χ0v) is 16.8. The van der Waals surface area contributed by atoms with Crippen molar-refractivity contribution in [2.45, 2.75) is 45.4 Å². The van der Waals surface area contributed by atoms with Gasteiger partial charge in [0.15, 0.2) is 6.10 Å². The number of benzene rings is 2. The highest BCUT2D eigenvalue weighted by Crippen LogP contribution is 2.19. The minimum atomic E-state index is -0.515. The molecule has 2 aromatic rings. The fraction of sp³-hybridized carbons (Fsp3) is 0.435. The van der Waals surface area contributed by atoms with Gasteiger partial charge in [-0.15, -0.1) is 0 Å². The van der Waals surface area contributed by atoms with Gasteiger partial charge in [0.05, 0.1) is 7.11 Å². The van der Waals surface area contributed by atoms with Crippen LogP contribution in [0, 0.1) is 0 Å². The van der Waals surface area contributed by atoms with Gasteiger partial charge in [-0.25, -0.2) is 0 Å². The second-order valence-electron chi connectivity index (χ2n) is 7.16. The molecule has 1 aliphatic rings. The largest absolute Gasteiger partial charge is 0.497 e. The van der Waals surface area contributed by atoms with Crippen LogP contribution in [0.3, 0.4) is 0 Å². The summed E-state index contributed by atoms with van der Waals surface area (Å²) in [5, 5.41) is 3.05. The summed E-state index contributed by atoms with van der Waals surface area (Å²) in [5.41, 5.74) is 2.45. The minimum Gasteiger partial charge on any atom is -0.497 e. The van der Waals surface area contributed by atoms with E-state index in [0.717, 1.165) is 25.4 Å². The predicted molar refractivity (Wildman–Crippen MR) is 111 cm³/mol. The van der Waals surface area contributed by atoms with Gasteiger partial charge in [-0.3, -0.25) is 9.69 Å². The zero-order valence-electron chi connectivity index (χ0n) is 16.8. The minimum absolute atomic E-state index is 0.0886. The number of nitrogens with one attached hydrogen (secondary N) is 1. The van der Waals surface area contributed by atoms with Crippen LogP contribution >= 0.6 is 0 Å². The Morgan fingerprint density at radius 2 is 1.68 bits per heavy atom. The maximum atomic E-state index is 12.7. The van der Waals surface area contributed by atoms with Crippen molar-refractivity contribution in [3.8, 4) is 11.5 Å². The van der Waals surface area contributed by atoms with Crippen molar-refractivity contribution < 1.29 is 14.3 Å². The number of hydrogen-bond acceptors (Lipinski definition) is 4. The van der Waals surface area contributed by atoms with Crippen LogP contribution in [0.1, 0.15) is 37.3 Å². The Kier molecular flexibility index (Phi) is 7.31. The molecule has 1 heterocycles. The molecule has 5 heteroatoms. The average molecular weight is 383 g/mol. The molecule has 0 aromatic heterocycles. The van der Waals surface area contributed by atoms with Crippen LogP contribution in [0.15, 0.2) is 48.5 Å². The summed E-state index contributed by atoms with van der Waals surface area (Å²) >= 11 is 0. The molecule has 150 valence electrons. The first-order valence-electron chi connectivity index (χ1n) is 10.1. The normalized spacial score (nSPS) is 15.2. The molecule has 1 amide bonds. The molecular formula is C23H30N2O3. The van der Waals surface area contributed by atoms with E-state index in [2.05, 4.69) is 28.4 Å². The molecule has 0 unspecified atom stereocenters. The highest BCUT2D eigenvalue weighted by Gasteiger charge is 2.19. The Morgan fingerprint density at radius 1 is 1.04 bits per heavy atom. The molecule has 28 heavy (non-hydrogen) atoms. The van der Waals surface area contributed by atoms with Crippen LogP contribution < -0.4 is 14.8 Å². The number of likely N-dealkylation sites (tertiary alicyclic amines) is 1. The first kappa shape index (κ1) is 20.2. The fourth-order valence-electron chi connectivity index (χ4n) is 3.50. The van der Waals surface area contributed by atoms with Crippen LogP contribution in [-0.2, 0) is 17.9 Å². The predicted octanol–water partition coefficient (Wildman–Crippen LogP) is 3.76. The third-order valence-electron chi connectivity index (χ3n) is 5.17. The number of carbonyl (C=O) groups is 1. The lowest BCUT2D eigenvalue weighted by atomic mass is 10.1. The van der Waals surface area contributed by atoms with E-state index in [1.165, 1.54) is 24.0 Å². The van der Waals surface area contributed by atoms with E-state index in [1.54, 1.807) is 7.11 Å². The third-order valence-corrected chi connectivity index (χ3v) is 5.17. The number of ether oxygens (including phenoxy) is 2. The van der Waals surface area contributed by atoms with Gasteiger partial charge in [0.25, 0.3) is 5.91 Å². The van der Waals surface area contributed by atoms with E-state index < -0.39 is 6.10 Å². The van der Waals surface area contributed by atoms with Crippen molar-refractivity contribution in [2.75, 3.05) is 20.2 Å². The van der Waals surface area contributed by atoms with Crippen LogP contribution in [-0.4, -0.2) is 37.1 Å². The topological polar surface area (TPSA) is 50.8 Å². The monoisotopic (exact) mass is 382 g/mol. The van der Waals surface area contributed by atoms with Crippen molar-refractivity contribution in [3.63, 3.8) is 0 Å². The van der Waals surface area contributed by atoms with Gasteiger partial charge < -0.3 is 14.8 Å². The summed E-state index contributed by atoms with van der Waals surface area (Å²) < 4.78 is 11.0. The SMILES string of the molecule is CC[C@H](Oc1ccc(OC)cc1)C(=O)NCc1ccccc1CN1CCCC1. The smallest absolute Gasteiger partial charge is 0.261 e. The number of nitrogens with zero attached hydrogens (tertiary/aromatic N) is 1. The number of methoxy groups -OCH3 is 1. The highest BCUT2D eigenvalue weighted by atomic mass is 16.5. The van der Waals surface area contributed by atoms with E-state index in [1.807, 2.05) is 37.3 Å². The molecule has 0 saturated carbocycles. The van der Waals surface area contributed by atoms with E-state index in [0.29, 0.717) is 18.7 Å². The van der Waals surface area contributed by atoms with Crippen molar-refractivity contribution in [2.24, 2.45) is 0 Å². The van der Waals surface area contributed by atoms with E-state index in [-0.39, 0.29) is 5.91 Å². The summed E-state index contributed by atoms with van der Waals surface area (Å²) in [7, 11) is 1.62. The Hall–Kier alpha value is -2.53. The molecule has 1 saturated heterocycles. The second kappa shape index (κ2) is 10.1. The van der Waals surface area contributed by atoms with Crippen molar-refractivity contribution in [1.29, 1.82) is 0 Å². The molecule has 1 atom stereocenters. The van der Waals surface area contributed by atoms with E-state index in [9.17, 15) is 4.79 Å². The molecule has 2 aromatic carbocycles. The average Bonchev–Trinajstić information content (AvgIpc) is 3.24. The fourth-order valence-corrected chi connectivity index (χ4v) is 3.50. The van der Waals surface area contributed by atoms with Gasteiger partial charge in [-0.05, 0) is 67.7 Å². The first-order valence-corrected chi connectivity index (χ1v) is 10.1. The molecule has 1 fully saturated rings. The third kappa shape index (κ3) is 5.49. The summed E-state index contributed by atoms with van der Waals surface area (Å²) in [6.45, 7) is 5.74. The number of amides is 1. The summed E-state index contributed by atoms with van der Waals surface area (Å²) in [6.07, 6.45) is 2.64. The summed E-state index contributed by atoms with van der Waals surface area (Å²) in [6, 6.07) is 15.6. The van der Waals surface area contributed by atoms with Crippen LogP contribution in [0.2, 0.25) is 0 Å². The Balaban J connectivity index is 1.57. The summed E-state index contributed by atoms with van der Waals surface area (Å²) in [4.78, 5) is 15.1. The van der Waals surface area contributed by atoms with Crippen LogP contribution in [0.4, 0.5) is 0 Å². The molecule has 0 radical (unpaired) electrons. The Bertz CT molecular complexity index is 755. The molecule has 0 spiro atoms. The van der Waals surface area contributed by atoms with Crippen molar-refractivity contribution in [3.05, 3.63) is 59.7 Å². The first-order chi connectivity index (χ1) is 13.7. The molecular weight excluding hydrogens is 352 g/mol. The van der Waals surface area contributed by atoms with Crippen molar-refractivity contribution in [1.82, 2.24) is 10.2 Å². The molecule has 1 aliphatic heterocycles. The highest BCUT2D eigenvalue weighted by molar-refractivity contribution is 5.81. The number of hydrogen-bond donors (Lipinski definition) is 1. The second-order valence-corrected chi connectivity index (χ2v) is 7.16. The van der Waals surface area contributed by atoms with Gasteiger partial charge in [0, 0.05) is 13.1 Å². The van der Waals surface area contributed by atoms with E-state index in [4.69, 9.17) is 9.47 Å². The number of carbonyl (C=O) groups excluding carboxylic acids is 1. The molecule has 0 bridgehead atoms. The van der Waals surface area contributed by atoms with Crippen molar-refractivity contribution >= 4 is 5.91 Å². The number of rotatable bonds is 9.